The highest BCUT2D eigenvalue weighted by atomic mass is 32.2. The van der Waals surface area contributed by atoms with Crippen LogP contribution in [0.25, 0.3) is 0 Å². The van der Waals surface area contributed by atoms with Gasteiger partial charge in [-0.1, -0.05) is 0 Å². The minimum atomic E-state index is -4.71. The third kappa shape index (κ3) is 4.07. The Morgan fingerprint density at radius 1 is 1.17 bits per heavy atom. The molecule has 38 valence electrons. The maximum atomic E-state index is 10.4. The predicted octanol–water partition coefficient (Wildman–Crippen LogP) is 2.12. The quantitative estimate of drug-likeness (QED) is 0.441. The molecule has 0 saturated carbocycles. The number of halogens is 4. The molecule has 0 rings (SSSR count). The van der Waals surface area contributed by atoms with Gasteiger partial charge in [0, 0.05) is 0 Å². The molecule has 5 heteroatoms. The van der Waals surface area contributed by atoms with E-state index in [1.54, 1.807) is 0 Å². The third-order valence-electron chi connectivity index (χ3n) is 0.0875. The molecule has 0 atom stereocenters. The Balaban J connectivity index is 3.17. The minimum absolute atomic E-state index is 1.62. The van der Waals surface area contributed by atoms with Crippen molar-refractivity contribution in [3.63, 3.8) is 0 Å². The summed E-state index contributed by atoms with van der Waals surface area (Å²) in [7, 11) is 0. The molecule has 0 heterocycles. The number of hydrogen-bond acceptors (Lipinski definition) is 1. The highest BCUT2D eigenvalue weighted by Crippen LogP contribution is 2.30. The van der Waals surface area contributed by atoms with E-state index in [1.807, 2.05) is 0 Å². The van der Waals surface area contributed by atoms with Crippen LogP contribution in [-0.4, -0.2) is 5.51 Å². The Hall–Kier alpha value is 0.0700. The fourth-order valence-corrected chi connectivity index (χ4v) is 0. The van der Waals surface area contributed by atoms with Gasteiger partial charge in [0.25, 0.3) is 0 Å². The van der Waals surface area contributed by atoms with Crippen LogP contribution in [0.1, 0.15) is 0 Å². The van der Waals surface area contributed by atoms with E-state index < -0.39 is 17.7 Å². The van der Waals surface area contributed by atoms with Gasteiger partial charge in [-0.3, -0.25) is 0 Å². The molecular weight excluding hydrogens is 120 g/mol. The largest absolute Gasteiger partial charge is 0.473 e. The van der Waals surface area contributed by atoms with Crippen LogP contribution in [0, 0.1) is 0 Å². The van der Waals surface area contributed by atoms with Gasteiger partial charge >= 0.3 is 5.51 Å². The fraction of sp³-hybridized carbons (Fsp3) is 1.00. The van der Waals surface area contributed by atoms with Crippen LogP contribution in [0.4, 0.5) is 17.1 Å². The molecule has 0 bridgehead atoms. The molecule has 6 heavy (non-hydrogen) atoms. The first-order valence-corrected chi connectivity index (χ1v) is 1.64. The lowest BCUT2D eigenvalue weighted by atomic mass is 11.6. The molecule has 0 nitrogen and oxygen atoms in total. The molecule has 0 unspecified atom stereocenters. The second-order valence-corrected chi connectivity index (χ2v) is 1.14. The third-order valence-corrected chi connectivity index (χ3v) is 0.262. The van der Waals surface area contributed by atoms with Crippen LogP contribution in [-0.2, 0) is 0 Å². The van der Waals surface area contributed by atoms with Gasteiger partial charge in [0.15, 0.2) is 12.1 Å². The molecule has 0 aromatic heterocycles. The van der Waals surface area contributed by atoms with Crippen LogP contribution in [0.5, 0.6) is 0 Å². The Morgan fingerprint density at radius 3 is 1.33 bits per heavy atom. The molecule has 0 aliphatic heterocycles. The van der Waals surface area contributed by atoms with Crippen molar-refractivity contribution in [1.29, 1.82) is 0 Å². The monoisotopic (exact) mass is 120 g/mol. The summed E-state index contributed by atoms with van der Waals surface area (Å²) in [5.41, 5.74) is -4.71. The van der Waals surface area contributed by atoms with Gasteiger partial charge in [0.2, 0.25) is 0 Å². The van der Waals surface area contributed by atoms with Crippen molar-refractivity contribution in [2.45, 2.75) is 5.51 Å². The lowest BCUT2D eigenvalue weighted by Gasteiger charge is -1.91. The maximum absolute atomic E-state index is 10.4. The molecule has 0 aliphatic carbocycles. The fourth-order valence-electron chi connectivity index (χ4n) is 0. The van der Waals surface area contributed by atoms with Crippen molar-refractivity contribution in [2.75, 3.05) is 0 Å². The van der Waals surface area contributed by atoms with Crippen LogP contribution in [0.3, 0.4) is 0 Å². The lowest BCUT2D eigenvalue weighted by molar-refractivity contribution is -0.0356. The zero-order valence-electron chi connectivity index (χ0n) is 2.42. The Bertz CT molecular complexity index is 37.3. The van der Waals surface area contributed by atoms with Crippen molar-refractivity contribution in [3.05, 3.63) is 0 Å². The molecule has 0 aliphatic rings. The summed E-state index contributed by atoms with van der Waals surface area (Å²) in [6.45, 7) is 0. The second kappa shape index (κ2) is 1.68. The van der Waals surface area contributed by atoms with E-state index in [4.69, 9.17) is 0 Å². The summed E-state index contributed by atoms with van der Waals surface area (Å²) in [6.07, 6.45) is 0. The first-order chi connectivity index (χ1) is 2.56. The number of alkyl halides is 3. The Labute approximate surface area is 35.8 Å². The van der Waals surface area contributed by atoms with Gasteiger partial charge in [-0.05, 0) is 0 Å². The molecule has 0 N–H and O–H groups in total. The summed E-state index contributed by atoms with van der Waals surface area (Å²) < 4.78 is 41.4. The number of rotatable bonds is 0. The number of hydrogen-bond donors (Lipinski definition) is 0. The standard InChI is InChI=1S/CF4S/c2-1(3,4)6-5. The average Bonchev–Trinajstić information content (AvgIpc) is 1.35. The van der Waals surface area contributed by atoms with Crippen molar-refractivity contribution < 1.29 is 17.1 Å². The molecule has 0 aromatic carbocycles. The van der Waals surface area contributed by atoms with E-state index in [1.165, 1.54) is 0 Å². The van der Waals surface area contributed by atoms with Crippen molar-refractivity contribution in [3.8, 4) is 0 Å². The smallest absolute Gasteiger partial charge is 0.158 e. The molecule has 0 saturated heterocycles. The maximum Gasteiger partial charge on any atom is 0.473 e. The zero-order chi connectivity index (χ0) is 5.21. The van der Waals surface area contributed by atoms with E-state index in [9.17, 15) is 17.1 Å². The van der Waals surface area contributed by atoms with Gasteiger partial charge < -0.3 is 0 Å². The van der Waals surface area contributed by atoms with E-state index in [-0.39, 0.29) is 0 Å². The van der Waals surface area contributed by atoms with Crippen LogP contribution in [0.15, 0.2) is 0 Å². The van der Waals surface area contributed by atoms with E-state index in [0.717, 1.165) is 0 Å². The first kappa shape index (κ1) is 6.07. The molecular formula is CF4S. The van der Waals surface area contributed by atoms with Gasteiger partial charge in [-0.2, -0.15) is 17.1 Å². The molecule has 0 radical (unpaired) electrons. The Kier molecular flexibility index (Phi) is 1.70. The van der Waals surface area contributed by atoms with E-state index in [2.05, 4.69) is 0 Å². The minimum Gasteiger partial charge on any atom is -0.158 e. The molecule has 0 aromatic rings. The van der Waals surface area contributed by atoms with Gasteiger partial charge in [-0.15, -0.1) is 0 Å². The normalized spacial score (nSPS) is 12.0. The van der Waals surface area contributed by atoms with E-state index in [0.29, 0.717) is 0 Å². The summed E-state index contributed by atoms with van der Waals surface area (Å²) in [5, 5.41) is 0. The topological polar surface area (TPSA) is 0 Å². The molecule has 0 amide bonds. The van der Waals surface area contributed by atoms with E-state index >= 15 is 0 Å². The van der Waals surface area contributed by atoms with Crippen molar-refractivity contribution >= 4 is 12.1 Å². The van der Waals surface area contributed by atoms with Gasteiger partial charge in [0.1, 0.15) is 0 Å². The SMILES string of the molecule is FSC(F)(F)F. The van der Waals surface area contributed by atoms with Crippen molar-refractivity contribution in [1.82, 2.24) is 0 Å². The van der Waals surface area contributed by atoms with Gasteiger partial charge in [-0.25, -0.2) is 0 Å². The molecule has 0 spiro atoms. The average molecular weight is 120 g/mol. The van der Waals surface area contributed by atoms with Gasteiger partial charge in [0.05, 0.1) is 0 Å². The second-order valence-electron chi connectivity index (χ2n) is 0.523. The van der Waals surface area contributed by atoms with Crippen molar-refractivity contribution in [2.24, 2.45) is 0 Å². The Morgan fingerprint density at radius 2 is 1.33 bits per heavy atom. The summed E-state index contributed by atoms with van der Waals surface area (Å²) >= 11 is -1.62. The van der Waals surface area contributed by atoms with Crippen LogP contribution < -0.4 is 0 Å². The summed E-state index contributed by atoms with van der Waals surface area (Å²) in [5.74, 6) is 0. The zero-order valence-corrected chi connectivity index (χ0v) is 3.24. The lowest BCUT2D eigenvalue weighted by Crippen LogP contribution is -1.94. The van der Waals surface area contributed by atoms with Crippen LogP contribution >= 0.6 is 12.1 Å². The highest BCUT2D eigenvalue weighted by Gasteiger charge is 2.29. The summed E-state index contributed by atoms with van der Waals surface area (Å²) in [4.78, 5) is 0. The highest BCUT2D eigenvalue weighted by molar-refractivity contribution is 7.95. The predicted molar refractivity (Wildman–Crippen MR) is 14.8 cm³/mol. The molecule has 0 fully saturated rings. The van der Waals surface area contributed by atoms with Crippen LogP contribution in [0.2, 0.25) is 0 Å². The first-order valence-electron chi connectivity index (χ1n) is 0.925. The summed E-state index contributed by atoms with van der Waals surface area (Å²) in [6, 6.07) is 0.